The first-order chi connectivity index (χ1) is 13.9. The summed E-state index contributed by atoms with van der Waals surface area (Å²) in [6.45, 7) is 5.75. The van der Waals surface area contributed by atoms with E-state index in [-0.39, 0.29) is 11.7 Å². The monoisotopic (exact) mass is 391 g/mol. The van der Waals surface area contributed by atoms with Gasteiger partial charge in [0.15, 0.2) is 5.78 Å². The second kappa shape index (κ2) is 7.31. The highest BCUT2D eigenvalue weighted by Crippen LogP contribution is 2.43. The van der Waals surface area contributed by atoms with E-state index in [1.54, 1.807) is 17.1 Å². The van der Waals surface area contributed by atoms with Crippen molar-refractivity contribution in [3.63, 3.8) is 0 Å². The molecule has 7 nitrogen and oxygen atoms in total. The summed E-state index contributed by atoms with van der Waals surface area (Å²) in [5.74, 6) is -0.0697. The van der Waals surface area contributed by atoms with Gasteiger partial charge in [-0.3, -0.25) is 14.3 Å². The molecule has 2 aromatic heterocycles. The molecule has 1 aliphatic carbocycles. The fourth-order valence-corrected chi connectivity index (χ4v) is 4.19. The minimum atomic E-state index is -0.434. The maximum Gasteiger partial charge on any atom is 0.255 e. The van der Waals surface area contributed by atoms with Crippen LogP contribution in [0, 0.1) is 13.8 Å². The third kappa shape index (κ3) is 3.26. The van der Waals surface area contributed by atoms with Gasteiger partial charge in [-0.05, 0) is 45.2 Å². The van der Waals surface area contributed by atoms with Crippen LogP contribution in [-0.4, -0.2) is 26.5 Å². The number of ketones is 1. The normalized spacial score (nSPS) is 19.2. The Hall–Kier alpha value is -3.22. The summed E-state index contributed by atoms with van der Waals surface area (Å²) >= 11 is 0. The van der Waals surface area contributed by atoms with Crippen molar-refractivity contribution in [2.45, 2.75) is 46.0 Å². The molecule has 0 saturated carbocycles. The molecule has 7 heteroatoms. The van der Waals surface area contributed by atoms with Crippen LogP contribution in [0.5, 0.6) is 0 Å². The molecule has 29 heavy (non-hydrogen) atoms. The van der Waals surface area contributed by atoms with E-state index in [4.69, 9.17) is 0 Å². The molecule has 1 aliphatic heterocycles. The van der Waals surface area contributed by atoms with E-state index in [0.717, 1.165) is 41.1 Å². The Morgan fingerprint density at radius 2 is 2.07 bits per heavy atom. The predicted octanol–water partition coefficient (Wildman–Crippen LogP) is 3.04. The number of amides is 1. The van der Waals surface area contributed by atoms with Crippen molar-refractivity contribution in [1.29, 1.82) is 0 Å². The molecule has 4 rings (SSSR count). The Morgan fingerprint density at radius 3 is 2.76 bits per heavy atom. The van der Waals surface area contributed by atoms with Gasteiger partial charge in [0.2, 0.25) is 0 Å². The number of aromatic nitrogens is 3. The van der Waals surface area contributed by atoms with Crippen LogP contribution >= 0.6 is 0 Å². The molecule has 150 valence electrons. The molecule has 0 saturated heterocycles. The third-order valence-corrected chi connectivity index (χ3v) is 5.85. The number of dihydropyridines is 1. The second-order valence-corrected chi connectivity index (χ2v) is 7.70. The lowest BCUT2D eigenvalue weighted by atomic mass is 9.75. The van der Waals surface area contributed by atoms with Crippen LogP contribution < -0.4 is 10.6 Å². The molecule has 3 heterocycles. The van der Waals surface area contributed by atoms with Gasteiger partial charge in [-0.15, -0.1) is 0 Å². The number of anilines is 1. The number of Topliss-reactive ketones (excluding diaryl/α,β-unsaturated/α-hetero) is 1. The van der Waals surface area contributed by atoms with Gasteiger partial charge in [-0.2, -0.15) is 5.10 Å². The predicted molar refractivity (Wildman–Crippen MR) is 110 cm³/mol. The van der Waals surface area contributed by atoms with Crippen molar-refractivity contribution >= 4 is 17.5 Å². The van der Waals surface area contributed by atoms with Gasteiger partial charge >= 0.3 is 0 Å². The highest BCUT2D eigenvalue weighted by molar-refractivity contribution is 6.09. The number of hydrogen-bond donors (Lipinski definition) is 2. The van der Waals surface area contributed by atoms with Crippen LogP contribution in [0.3, 0.4) is 0 Å². The lowest BCUT2D eigenvalue weighted by molar-refractivity contribution is -0.116. The van der Waals surface area contributed by atoms with Gasteiger partial charge in [-0.1, -0.05) is 6.07 Å². The highest BCUT2D eigenvalue weighted by atomic mass is 16.2. The molecule has 0 fully saturated rings. The summed E-state index contributed by atoms with van der Waals surface area (Å²) in [7, 11) is 1.87. The van der Waals surface area contributed by atoms with Crippen LogP contribution in [0.15, 0.2) is 47.1 Å². The van der Waals surface area contributed by atoms with Gasteiger partial charge in [0, 0.05) is 59.4 Å². The molecule has 0 bridgehead atoms. The molecule has 1 unspecified atom stereocenters. The summed E-state index contributed by atoms with van der Waals surface area (Å²) < 4.78 is 1.78. The van der Waals surface area contributed by atoms with Crippen LogP contribution in [0.25, 0.3) is 0 Å². The van der Waals surface area contributed by atoms with Crippen molar-refractivity contribution in [3.05, 3.63) is 63.9 Å². The molecular weight excluding hydrogens is 366 g/mol. The first kappa shape index (κ1) is 19.1. The van der Waals surface area contributed by atoms with Crippen LogP contribution in [0.4, 0.5) is 5.82 Å². The fraction of sp³-hybridized carbons (Fsp3) is 0.364. The van der Waals surface area contributed by atoms with Crippen molar-refractivity contribution in [2.24, 2.45) is 7.05 Å². The topological polar surface area (TPSA) is 88.9 Å². The third-order valence-electron chi connectivity index (χ3n) is 5.85. The lowest BCUT2D eigenvalue weighted by Gasteiger charge is -2.34. The largest absolute Gasteiger partial charge is 0.362 e. The summed E-state index contributed by atoms with van der Waals surface area (Å²) in [5.41, 5.74) is 5.63. The van der Waals surface area contributed by atoms with E-state index >= 15 is 0 Å². The molecule has 1 amide bonds. The molecule has 2 aromatic rings. The lowest BCUT2D eigenvalue weighted by Crippen LogP contribution is -2.35. The number of aryl methyl sites for hydroxylation is 2. The first-order valence-electron chi connectivity index (χ1n) is 9.84. The van der Waals surface area contributed by atoms with E-state index in [9.17, 15) is 9.59 Å². The maximum atomic E-state index is 13.4. The zero-order valence-corrected chi connectivity index (χ0v) is 17.2. The minimum absolute atomic E-state index is 0.0961. The molecule has 0 aromatic carbocycles. The average Bonchev–Trinajstić information content (AvgIpc) is 3.01. The SMILES string of the molecule is CC1=C(C(=O)Nc2ncccc2C)C(c2cnn(C)c2C)C2=C(CCCC2=O)N1. The molecule has 1 atom stereocenters. The van der Waals surface area contributed by atoms with Gasteiger partial charge in [0.1, 0.15) is 5.82 Å². The van der Waals surface area contributed by atoms with Gasteiger partial charge in [0.25, 0.3) is 5.91 Å². The van der Waals surface area contributed by atoms with Crippen molar-refractivity contribution in [1.82, 2.24) is 20.1 Å². The molecule has 2 aliphatic rings. The summed E-state index contributed by atoms with van der Waals surface area (Å²) in [6.07, 6.45) is 5.55. The number of carbonyl (C=O) groups excluding carboxylic acids is 2. The van der Waals surface area contributed by atoms with Crippen molar-refractivity contribution in [3.8, 4) is 0 Å². The number of nitrogens with one attached hydrogen (secondary N) is 2. The summed E-state index contributed by atoms with van der Waals surface area (Å²) in [6, 6.07) is 3.73. The maximum absolute atomic E-state index is 13.4. The number of hydrogen-bond acceptors (Lipinski definition) is 5. The number of nitrogens with zero attached hydrogens (tertiary/aromatic N) is 3. The smallest absolute Gasteiger partial charge is 0.255 e. The fourth-order valence-electron chi connectivity index (χ4n) is 4.19. The van der Waals surface area contributed by atoms with E-state index in [1.807, 2.05) is 40.0 Å². The van der Waals surface area contributed by atoms with Crippen molar-refractivity contribution < 1.29 is 9.59 Å². The van der Waals surface area contributed by atoms with E-state index in [0.29, 0.717) is 23.4 Å². The van der Waals surface area contributed by atoms with Crippen molar-refractivity contribution in [2.75, 3.05) is 5.32 Å². The Balaban J connectivity index is 1.82. The van der Waals surface area contributed by atoms with E-state index < -0.39 is 5.92 Å². The number of rotatable bonds is 3. The average molecular weight is 391 g/mol. The number of carbonyl (C=O) groups is 2. The summed E-state index contributed by atoms with van der Waals surface area (Å²) in [5, 5.41) is 10.6. The number of pyridine rings is 1. The first-order valence-corrected chi connectivity index (χ1v) is 9.84. The molecular formula is C22H25N5O2. The molecule has 2 N–H and O–H groups in total. The van der Waals surface area contributed by atoms with E-state index in [2.05, 4.69) is 20.7 Å². The number of allylic oxidation sites excluding steroid dienone is 3. The highest BCUT2D eigenvalue weighted by Gasteiger charge is 2.39. The van der Waals surface area contributed by atoms with Crippen LogP contribution in [0.1, 0.15) is 48.9 Å². The Morgan fingerprint density at radius 1 is 1.28 bits per heavy atom. The standard InChI is InChI=1S/C22H25N5O2/c1-12-7-6-10-23-21(12)26-22(29)18-13(2)25-16-8-5-9-17(28)20(16)19(18)15-11-24-27(4)14(15)3/h6-7,10-11,19,25H,5,8-9H2,1-4H3,(H,23,26,29). The van der Waals surface area contributed by atoms with Gasteiger partial charge < -0.3 is 10.6 Å². The zero-order valence-electron chi connectivity index (χ0n) is 17.2. The quantitative estimate of drug-likeness (QED) is 0.840. The summed E-state index contributed by atoms with van der Waals surface area (Å²) in [4.78, 5) is 30.6. The Labute approximate surface area is 169 Å². The Kier molecular flexibility index (Phi) is 4.82. The van der Waals surface area contributed by atoms with Crippen LogP contribution in [-0.2, 0) is 16.6 Å². The Bertz CT molecular complexity index is 1080. The van der Waals surface area contributed by atoms with Gasteiger partial charge in [0.05, 0.1) is 6.20 Å². The van der Waals surface area contributed by atoms with Crippen LogP contribution in [0.2, 0.25) is 0 Å². The van der Waals surface area contributed by atoms with E-state index in [1.165, 1.54) is 0 Å². The zero-order chi connectivity index (χ0) is 20.7. The van der Waals surface area contributed by atoms with Gasteiger partial charge in [-0.25, -0.2) is 4.98 Å². The molecule has 0 spiro atoms. The minimum Gasteiger partial charge on any atom is -0.362 e. The second-order valence-electron chi connectivity index (χ2n) is 7.70. The molecule has 0 radical (unpaired) electrons.